The van der Waals surface area contributed by atoms with E-state index < -0.39 is 23.4 Å². The summed E-state index contributed by atoms with van der Waals surface area (Å²) in [7, 11) is -8.45. The third-order valence-corrected chi connectivity index (χ3v) is 7.69. The molecule has 1 fully saturated rings. The van der Waals surface area contributed by atoms with Crippen LogP contribution in [0, 0.1) is 0 Å². The molecule has 0 aromatic heterocycles. The molecule has 0 amide bonds. The van der Waals surface area contributed by atoms with Crippen LogP contribution in [0.4, 0.5) is 0 Å². The summed E-state index contributed by atoms with van der Waals surface area (Å²) in [6.07, 6.45) is 1.97. The number of rotatable bonds is 4. The number of hydrogen-bond acceptors (Lipinski definition) is 4. The lowest BCUT2D eigenvalue weighted by atomic mass is 10.00. The van der Waals surface area contributed by atoms with Gasteiger partial charge in [-0.05, 0) is 37.8 Å². The number of benzene rings is 1. The van der Waals surface area contributed by atoms with E-state index >= 15 is 0 Å². The summed E-state index contributed by atoms with van der Waals surface area (Å²) >= 11 is 5.93. The lowest BCUT2D eigenvalue weighted by molar-refractivity contribution is 0.344. The van der Waals surface area contributed by atoms with E-state index in [1.165, 1.54) is 24.3 Å². The second-order valence-corrected chi connectivity index (χ2v) is 9.26. The van der Waals surface area contributed by atoms with Crippen LogP contribution >= 0.6 is 19.2 Å². The monoisotopic (exact) mass is 338 g/mol. The summed E-state index contributed by atoms with van der Waals surface area (Å²) in [6.45, 7) is 0. The molecule has 0 bridgehead atoms. The van der Waals surface area contributed by atoms with Crippen molar-refractivity contribution in [2.75, 3.05) is 0 Å². The van der Waals surface area contributed by atoms with Crippen molar-refractivity contribution in [1.29, 1.82) is 0 Å². The van der Waals surface area contributed by atoms with Crippen LogP contribution in [-0.2, 0) is 18.7 Å². The van der Waals surface area contributed by atoms with Crippen molar-refractivity contribution in [2.24, 2.45) is 0 Å². The van der Waals surface area contributed by atoms with E-state index in [1.807, 2.05) is 0 Å². The molecular formula is C12H16ClO5PS. The maximum Gasteiger partial charge on any atom is 0.345 e. The highest BCUT2D eigenvalue weighted by Gasteiger charge is 2.39. The van der Waals surface area contributed by atoms with E-state index in [0.717, 1.165) is 0 Å². The molecule has 5 nitrogen and oxygen atoms in total. The Bertz CT molecular complexity index is 596. The highest BCUT2D eigenvalue weighted by molar-refractivity contribution is 7.91. The van der Waals surface area contributed by atoms with E-state index in [9.17, 15) is 17.9 Å². The predicted molar refractivity (Wildman–Crippen MR) is 76.4 cm³/mol. The van der Waals surface area contributed by atoms with Crippen molar-refractivity contribution in [3.8, 4) is 0 Å². The Morgan fingerprint density at radius 1 is 1.15 bits per heavy atom. The zero-order valence-corrected chi connectivity index (χ0v) is 13.2. The molecule has 1 aromatic rings. The Morgan fingerprint density at radius 3 is 2.25 bits per heavy atom. The molecule has 0 saturated heterocycles. The molecule has 0 aliphatic heterocycles. The van der Waals surface area contributed by atoms with Gasteiger partial charge in [-0.2, -0.15) is 12.4 Å². The molecule has 1 aliphatic rings. The number of hydrogen-bond donors (Lipinski definition) is 1. The molecule has 1 unspecified atom stereocenters. The SMILES string of the molecule is O=P(O)(OS(=O)(=O)c1ccccc1)C1CCC(Cl)CC1. The van der Waals surface area contributed by atoms with Crippen molar-refractivity contribution in [3.05, 3.63) is 30.3 Å². The van der Waals surface area contributed by atoms with Gasteiger partial charge in [-0.25, -0.2) is 0 Å². The minimum atomic E-state index is -4.23. The van der Waals surface area contributed by atoms with E-state index in [1.54, 1.807) is 6.07 Å². The van der Waals surface area contributed by atoms with E-state index in [4.69, 9.17) is 11.6 Å². The van der Waals surface area contributed by atoms with Gasteiger partial charge >= 0.3 is 17.7 Å². The van der Waals surface area contributed by atoms with Crippen LogP contribution in [0.5, 0.6) is 0 Å². The van der Waals surface area contributed by atoms with Crippen LogP contribution in [0.25, 0.3) is 0 Å². The van der Waals surface area contributed by atoms with Gasteiger partial charge in [-0.15, -0.1) is 11.6 Å². The lowest BCUT2D eigenvalue weighted by Crippen LogP contribution is -2.21. The summed E-state index contributed by atoms with van der Waals surface area (Å²) in [5.41, 5.74) is -0.670. The molecule has 1 saturated carbocycles. The molecule has 0 spiro atoms. The van der Waals surface area contributed by atoms with Gasteiger partial charge in [0.1, 0.15) is 0 Å². The second-order valence-electron chi connectivity index (χ2n) is 4.81. The van der Waals surface area contributed by atoms with Crippen LogP contribution in [0.2, 0.25) is 0 Å². The zero-order chi connectivity index (χ0) is 14.8. The summed E-state index contributed by atoms with van der Waals surface area (Å²) < 4.78 is 40.8. The van der Waals surface area contributed by atoms with Gasteiger partial charge in [-0.1, -0.05) is 18.2 Å². The first-order valence-corrected chi connectivity index (χ1v) is 9.78. The molecule has 1 aromatic carbocycles. The molecular weight excluding hydrogens is 323 g/mol. The normalized spacial score (nSPS) is 26.9. The predicted octanol–water partition coefficient (Wildman–Crippen LogP) is 3.13. The van der Waals surface area contributed by atoms with Crippen molar-refractivity contribution in [2.45, 2.75) is 41.6 Å². The highest BCUT2D eigenvalue weighted by Crippen LogP contribution is 2.55. The molecule has 1 aliphatic carbocycles. The van der Waals surface area contributed by atoms with Crippen LogP contribution in [0.1, 0.15) is 25.7 Å². The molecule has 1 atom stereocenters. The average molecular weight is 339 g/mol. The van der Waals surface area contributed by atoms with Crippen LogP contribution in [-0.4, -0.2) is 24.3 Å². The smallest absolute Gasteiger partial charge is 0.323 e. The molecule has 20 heavy (non-hydrogen) atoms. The molecule has 112 valence electrons. The van der Waals surface area contributed by atoms with Gasteiger partial charge in [0.2, 0.25) is 0 Å². The van der Waals surface area contributed by atoms with Gasteiger partial charge in [0.15, 0.2) is 0 Å². The van der Waals surface area contributed by atoms with Crippen molar-refractivity contribution >= 4 is 29.3 Å². The largest absolute Gasteiger partial charge is 0.345 e. The first-order valence-electron chi connectivity index (χ1n) is 6.29. The minimum Gasteiger partial charge on any atom is -0.323 e. The molecule has 8 heteroatoms. The Labute approximate surface area is 123 Å². The summed E-state index contributed by atoms with van der Waals surface area (Å²) in [5, 5.41) is -0.0167. The minimum absolute atomic E-state index is 0.0167. The molecule has 0 heterocycles. The Balaban J connectivity index is 2.14. The Kier molecular flexibility index (Phi) is 4.92. The lowest BCUT2D eigenvalue weighted by Gasteiger charge is -2.27. The van der Waals surface area contributed by atoms with Crippen molar-refractivity contribution < 1.29 is 21.8 Å². The van der Waals surface area contributed by atoms with Gasteiger partial charge in [0.05, 0.1) is 10.6 Å². The topological polar surface area (TPSA) is 80.7 Å². The molecule has 0 radical (unpaired) electrons. The Hall–Kier alpha value is -0.390. The average Bonchev–Trinajstić information content (AvgIpc) is 2.39. The number of alkyl halides is 1. The first-order chi connectivity index (χ1) is 9.31. The van der Waals surface area contributed by atoms with Gasteiger partial charge in [0, 0.05) is 5.38 Å². The van der Waals surface area contributed by atoms with Gasteiger partial charge in [0.25, 0.3) is 0 Å². The third-order valence-electron chi connectivity index (χ3n) is 3.32. The van der Waals surface area contributed by atoms with Gasteiger partial charge < -0.3 is 4.89 Å². The molecule has 2 rings (SSSR count). The maximum absolute atomic E-state index is 12.2. The fourth-order valence-corrected chi connectivity index (χ4v) is 5.84. The fraction of sp³-hybridized carbons (Fsp3) is 0.500. The van der Waals surface area contributed by atoms with Gasteiger partial charge in [-0.3, -0.25) is 4.57 Å². The van der Waals surface area contributed by atoms with E-state index in [0.29, 0.717) is 25.7 Å². The highest BCUT2D eigenvalue weighted by atomic mass is 35.5. The van der Waals surface area contributed by atoms with Crippen molar-refractivity contribution in [1.82, 2.24) is 0 Å². The Morgan fingerprint density at radius 2 is 1.70 bits per heavy atom. The van der Waals surface area contributed by atoms with Crippen LogP contribution in [0.3, 0.4) is 0 Å². The third kappa shape index (κ3) is 3.83. The summed E-state index contributed by atoms with van der Waals surface area (Å²) in [6, 6.07) is 7.35. The van der Waals surface area contributed by atoms with Crippen LogP contribution < -0.4 is 0 Å². The standard InChI is InChI=1S/C12H16ClO5PS/c13-10-6-8-11(9-7-10)19(14,15)18-20(16,17)12-4-2-1-3-5-12/h1-5,10-11H,6-9H2,(H,14,15). The number of halogens is 1. The summed E-state index contributed by atoms with van der Waals surface area (Å²) in [5.74, 6) is 0. The van der Waals surface area contributed by atoms with Crippen molar-refractivity contribution in [3.63, 3.8) is 0 Å². The van der Waals surface area contributed by atoms with Crippen LogP contribution in [0.15, 0.2) is 35.2 Å². The maximum atomic E-state index is 12.2. The quantitative estimate of drug-likeness (QED) is 0.674. The summed E-state index contributed by atoms with van der Waals surface area (Å²) in [4.78, 5) is 9.81. The fourth-order valence-electron chi connectivity index (χ4n) is 2.19. The first kappa shape index (κ1) is 16.0. The zero-order valence-electron chi connectivity index (χ0n) is 10.7. The molecule has 1 N–H and O–H groups in total. The van der Waals surface area contributed by atoms with E-state index in [2.05, 4.69) is 3.97 Å². The second kappa shape index (κ2) is 6.16. The van der Waals surface area contributed by atoms with E-state index in [-0.39, 0.29) is 10.3 Å².